The molecule has 7 nitrogen and oxygen atoms in total. The van der Waals surface area contributed by atoms with Gasteiger partial charge in [0, 0.05) is 6.04 Å². The van der Waals surface area contributed by atoms with Crippen molar-refractivity contribution in [2.75, 3.05) is 0 Å². The molecule has 0 radical (unpaired) electrons. The summed E-state index contributed by atoms with van der Waals surface area (Å²) < 4.78 is 5.80. The largest absolute Gasteiger partial charge is 0.457 e. The molecule has 2 heterocycles. The number of nitrogens with one attached hydrogen (secondary N) is 1. The zero-order valence-electron chi connectivity index (χ0n) is 15.6. The first-order chi connectivity index (χ1) is 14.0. The van der Waals surface area contributed by atoms with Crippen molar-refractivity contribution in [2.24, 2.45) is 0 Å². The van der Waals surface area contributed by atoms with Crippen LogP contribution in [0, 0.1) is 0 Å². The molecule has 2 aromatic rings. The van der Waals surface area contributed by atoms with E-state index in [0.717, 1.165) is 32.1 Å². The lowest BCUT2D eigenvalue weighted by atomic mass is 9.94. The van der Waals surface area contributed by atoms with Crippen molar-refractivity contribution in [3.05, 3.63) is 58.7 Å². The zero-order valence-corrected chi connectivity index (χ0v) is 15.6. The van der Waals surface area contributed by atoms with E-state index in [9.17, 15) is 19.2 Å². The number of hydrogen-bond donors (Lipinski definition) is 1. The van der Waals surface area contributed by atoms with Crippen LogP contribution in [0.2, 0.25) is 0 Å². The molecule has 0 atom stereocenters. The van der Waals surface area contributed by atoms with Crippen molar-refractivity contribution < 1.29 is 23.9 Å². The predicted molar refractivity (Wildman–Crippen MR) is 102 cm³/mol. The molecule has 1 fully saturated rings. The molecule has 0 bridgehead atoms. The summed E-state index contributed by atoms with van der Waals surface area (Å²) >= 11 is 0. The van der Waals surface area contributed by atoms with E-state index in [4.69, 9.17) is 4.74 Å². The van der Waals surface area contributed by atoms with Crippen LogP contribution in [-0.2, 0) is 0 Å². The number of carbonyl (C=O) groups is 4. The summed E-state index contributed by atoms with van der Waals surface area (Å²) in [6, 6.07) is 9.38. The number of benzene rings is 2. The standard InChI is InChI=1S/C22H18N2O5/c25-19-15-8-6-13(10-17(15)20(26)23-19)29-14-7-9-16-18(11-14)22(28)24(21(16)27)12-4-2-1-3-5-12/h6-12H,1-5H2,(H,23,25,26). The van der Waals surface area contributed by atoms with Gasteiger partial charge in [-0.2, -0.15) is 0 Å². The van der Waals surface area contributed by atoms with E-state index in [1.54, 1.807) is 24.3 Å². The topological polar surface area (TPSA) is 92.8 Å². The Kier molecular flexibility index (Phi) is 3.97. The van der Waals surface area contributed by atoms with Crippen molar-refractivity contribution in [1.29, 1.82) is 0 Å². The van der Waals surface area contributed by atoms with Crippen LogP contribution in [0.5, 0.6) is 11.5 Å². The number of fused-ring (bicyclic) bond motifs is 2. The second-order valence-corrected chi connectivity index (χ2v) is 7.57. The van der Waals surface area contributed by atoms with Crippen LogP contribution in [0.1, 0.15) is 73.5 Å². The molecule has 0 spiro atoms. The van der Waals surface area contributed by atoms with Gasteiger partial charge in [-0.3, -0.25) is 29.4 Å². The van der Waals surface area contributed by atoms with Crippen molar-refractivity contribution in [3.8, 4) is 11.5 Å². The van der Waals surface area contributed by atoms with Crippen molar-refractivity contribution in [1.82, 2.24) is 10.2 Å². The molecule has 3 aliphatic rings. The highest BCUT2D eigenvalue weighted by Gasteiger charge is 2.40. The Morgan fingerprint density at radius 3 is 2.03 bits per heavy atom. The highest BCUT2D eigenvalue weighted by molar-refractivity contribution is 6.22. The normalized spacial score (nSPS) is 18.7. The van der Waals surface area contributed by atoms with Crippen LogP contribution in [-0.4, -0.2) is 34.6 Å². The third kappa shape index (κ3) is 2.81. The molecular weight excluding hydrogens is 372 g/mol. The predicted octanol–water partition coefficient (Wildman–Crippen LogP) is 3.29. The Balaban J connectivity index is 1.41. The summed E-state index contributed by atoms with van der Waals surface area (Å²) in [6.45, 7) is 0. The number of hydrogen-bond acceptors (Lipinski definition) is 5. The van der Waals surface area contributed by atoms with Gasteiger partial charge in [0.15, 0.2) is 0 Å². The maximum Gasteiger partial charge on any atom is 0.261 e. The summed E-state index contributed by atoms with van der Waals surface area (Å²) in [4.78, 5) is 50.5. The Labute approximate surface area is 166 Å². The van der Waals surface area contributed by atoms with Gasteiger partial charge in [-0.15, -0.1) is 0 Å². The number of rotatable bonds is 3. The molecule has 2 aliphatic heterocycles. The maximum atomic E-state index is 12.9. The number of nitrogens with zero attached hydrogens (tertiary/aromatic N) is 1. The van der Waals surface area contributed by atoms with E-state index in [-0.39, 0.29) is 23.4 Å². The van der Waals surface area contributed by atoms with Gasteiger partial charge in [-0.05, 0) is 49.2 Å². The fourth-order valence-electron chi connectivity index (χ4n) is 4.32. The van der Waals surface area contributed by atoms with Crippen LogP contribution in [0.25, 0.3) is 0 Å². The zero-order chi connectivity index (χ0) is 20.1. The molecule has 0 saturated heterocycles. The molecule has 1 N–H and O–H groups in total. The molecule has 7 heteroatoms. The average molecular weight is 390 g/mol. The van der Waals surface area contributed by atoms with E-state index in [1.165, 1.54) is 17.0 Å². The van der Waals surface area contributed by atoms with E-state index < -0.39 is 11.8 Å². The number of imide groups is 2. The van der Waals surface area contributed by atoms with Gasteiger partial charge in [0.25, 0.3) is 23.6 Å². The Bertz CT molecular complexity index is 1080. The lowest BCUT2D eigenvalue weighted by Gasteiger charge is -2.29. The first kappa shape index (κ1) is 17.6. The van der Waals surface area contributed by atoms with Gasteiger partial charge in [0.2, 0.25) is 0 Å². The molecular formula is C22H18N2O5. The van der Waals surface area contributed by atoms with Crippen LogP contribution in [0.15, 0.2) is 36.4 Å². The number of carbonyl (C=O) groups excluding carboxylic acids is 4. The summed E-state index contributed by atoms with van der Waals surface area (Å²) in [5.74, 6) is -0.652. The third-order valence-corrected chi connectivity index (χ3v) is 5.77. The fraction of sp³-hybridized carbons (Fsp3) is 0.273. The highest BCUT2D eigenvalue weighted by atomic mass is 16.5. The van der Waals surface area contributed by atoms with Crippen molar-refractivity contribution in [2.45, 2.75) is 38.1 Å². The number of amides is 4. The van der Waals surface area contributed by atoms with Gasteiger partial charge >= 0.3 is 0 Å². The Hall–Kier alpha value is -3.48. The Morgan fingerprint density at radius 1 is 0.724 bits per heavy atom. The van der Waals surface area contributed by atoms with Crippen LogP contribution < -0.4 is 10.1 Å². The van der Waals surface area contributed by atoms with E-state index in [1.807, 2.05) is 0 Å². The molecule has 1 aliphatic carbocycles. The molecule has 4 amide bonds. The summed E-state index contributed by atoms with van der Waals surface area (Å²) in [5.41, 5.74) is 1.29. The lowest BCUT2D eigenvalue weighted by molar-refractivity contribution is 0.0548. The van der Waals surface area contributed by atoms with Gasteiger partial charge in [-0.1, -0.05) is 19.3 Å². The van der Waals surface area contributed by atoms with Crippen LogP contribution in [0.3, 0.4) is 0 Å². The summed E-state index contributed by atoms with van der Waals surface area (Å²) in [7, 11) is 0. The number of ether oxygens (including phenoxy) is 1. The first-order valence-corrected chi connectivity index (χ1v) is 9.72. The minimum atomic E-state index is -0.465. The lowest BCUT2D eigenvalue weighted by Crippen LogP contribution is -2.40. The molecule has 5 rings (SSSR count). The molecule has 0 unspecified atom stereocenters. The third-order valence-electron chi connectivity index (χ3n) is 5.77. The fourth-order valence-corrected chi connectivity index (χ4v) is 4.32. The van der Waals surface area contributed by atoms with Crippen LogP contribution >= 0.6 is 0 Å². The molecule has 0 aromatic heterocycles. The first-order valence-electron chi connectivity index (χ1n) is 9.72. The molecule has 146 valence electrons. The van der Waals surface area contributed by atoms with Gasteiger partial charge in [0.1, 0.15) is 11.5 Å². The quantitative estimate of drug-likeness (QED) is 0.812. The second-order valence-electron chi connectivity index (χ2n) is 7.57. The maximum absolute atomic E-state index is 12.9. The summed E-state index contributed by atoms with van der Waals surface area (Å²) in [6.07, 6.45) is 4.90. The molecule has 1 saturated carbocycles. The smallest absolute Gasteiger partial charge is 0.261 e. The molecule has 2 aromatic carbocycles. The van der Waals surface area contributed by atoms with E-state index >= 15 is 0 Å². The van der Waals surface area contributed by atoms with E-state index in [0.29, 0.717) is 28.2 Å². The minimum absolute atomic E-state index is 0.0340. The van der Waals surface area contributed by atoms with Gasteiger partial charge < -0.3 is 4.74 Å². The monoisotopic (exact) mass is 390 g/mol. The van der Waals surface area contributed by atoms with E-state index in [2.05, 4.69) is 5.32 Å². The summed E-state index contributed by atoms with van der Waals surface area (Å²) in [5, 5.41) is 2.23. The Morgan fingerprint density at radius 2 is 1.31 bits per heavy atom. The van der Waals surface area contributed by atoms with Crippen LogP contribution in [0.4, 0.5) is 0 Å². The minimum Gasteiger partial charge on any atom is -0.457 e. The SMILES string of the molecule is O=C1NC(=O)c2cc(Oc3ccc4c(c3)C(=O)N(C3CCCCC3)C4=O)ccc21. The van der Waals surface area contributed by atoms with Gasteiger partial charge in [0.05, 0.1) is 22.3 Å². The van der Waals surface area contributed by atoms with Crippen molar-refractivity contribution in [3.63, 3.8) is 0 Å². The highest BCUT2D eigenvalue weighted by Crippen LogP contribution is 2.34. The molecule has 29 heavy (non-hydrogen) atoms. The second kappa shape index (κ2) is 6.55. The van der Waals surface area contributed by atoms with Crippen molar-refractivity contribution >= 4 is 23.6 Å². The average Bonchev–Trinajstić information content (AvgIpc) is 3.15. The van der Waals surface area contributed by atoms with Gasteiger partial charge in [-0.25, -0.2) is 0 Å².